The average Bonchev–Trinajstić information content (AvgIpc) is 2.83. The third-order valence-electron chi connectivity index (χ3n) is 3.95. The molecule has 0 amide bonds. The van der Waals surface area contributed by atoms with Gasteiger partial charge in [0.1, 0.15) is 5.01 Å². The number of rotatable bonds is 1. The molecule has 0 aromatic carbocycles. The molecule has 2 heterocycles. The van der Waals surface area contributed by atoms with E-state index in [1.165, 1.54) is 10.6 Å². The molecule has 5 heteroatoms. The molecule has 1 aliphatic rings. The van der Waals surface area contributed by atoms with Crippen LogP contribution in [0.15, 0.2) is 6.20 Å². The van der Waals surface area contributed by atoms with Crippen LogP contribution in [0.3, 0.4) is 0 Å². The van der Waals surface area contributed by atoms with E-state index in [4.69, 9.17) is 10.7 Å². The van der Waals surface area contributed by atoms with E-state index in [1.54, 1.807) is 11.3 Å². The SMILES string of the molecule is Cc1c(-c2nc3c(s2)C(N)CC(C)(C)C3)cnn1C. The minimum absolute atomic E-state index is 0.127. The lowest BCUT2D eigenvalue weighted by Crippen LogP contribution is -2.28. The fourth-order valence-corrected chi connectivity index (χ4v) is 3.96. The van der Waals surface area contributed by atoms with Gasteiger partial charge < -0.3 is 5.73 Å². The van der Waals surface area contributed by atoms with Crippen molar-refractivity contribution < 1.29 is 0 Å². The van der Waals surface area contributed by atoms with Crippen LogP contribution in [0.1, 0.15) is 42.6 Å². The lowest BCUT2D eigenvalue weighted by atomic mass is 9.77. The van der Waals surface area contributed by atoms with Crippen molar-refractivity contribution in [2.75, 3.05) is 0 Å². The number of nitrogens with two attached hydrogens (primary N) is 1. The molecule has 2 aromatic rings. The van der Waals surface area contributed by atoms with E-state index in [0.29, 0.717) is 0 Å². The predicted molar refractivity (Wildman–Crippen MR) is 78.1 cm³/mol. The Labute approximate surface area is 117 Å². The van der Waals surface area contributed by atoms with Crippen molar-refractivity contribution in [3.05, 3.63) is 22.5 Å². The number of thiazole rings is 1. The minimum Gasteiger partial charge on any atom is -0.323 e. The van der Waals surface area contributed by atoms with E-state index < -0.39 is 0 Å². The third kappa shape index (κ3) is 2.11. The molecule has 0 fully saturated rings. The number of nitrogens with zero attached hydrogens (tertiary/aromatic N) is 3. The molecule has 0 bridgehead atoms. The summed E-state index contributed by atoms with van der Waals surface area (Å²) in [7, 11) is 1.96. The summed E-state index contributed by atoms with van der Waals surface area (Å²) < 4.78 is 1.89. The van der Waals surface area contributed by atoms with Gasteiger partial charge in [0.2, 0.25) is 0 Å². The molecule has 1 unspecified atom stereocenters. The van der Waals surface area contributed by atoms with Crippen molar-refractivity contribution in [2.45, 2.75) is 39.7 Å². The fraction of sp³-hybridized carbons (Fsp3) is 0.571. The number of fused-ring (bicyclic) bond motifs is 1. The monoisotopic (exact) mass is 276 g/mol. The Morgan fingerprint density at radius 2 is 2.21 bits per heavy atom. The highest BCUT2D eigenvalue weighted by atomic mass is 32.1. The average molecular weight is 276 g/mol. The van der Waals surface area contributed by atoms with Gasteiger partial charge in [-0.25, -0.2) is 4.98 Å². The Balaban J connectivity index is 2.06. The highest BCUT2D eigenvalue weighted by Gasteiger charge is 2.33. The lowest BCUT2D eigenvalue weighted by molar-refractivity contribution is 0.282. The summed E-state index contributed by atoms with van der Waals surface area (Å²) in [6.07, 6.45) is 3.95. The predicted octanol–water partition coefficient (Wildman–Crippen LogP) is 2.82. The second-order valence-corrected chi connectivity index (χ2v) is 7.28. The first kappa shape index (κ1) is 12.8. The van der Waals surface area contributed by atoms with Crippen molar-refractivity contribution in [1.82, 2.24) is 14.8 Å². The van der Waals surface area contributed by atoms with Gasteiger partial charge in [-0.15, -0.1) is 11.3 Å². The zero-order valence-corrected chi connectivity index (χ0v) is 12.7. The number of aromatic nitrogens is 3. The van der Waals surface area contributed by atoms with Crippen LogP contribution in [0, 0.1) is 12.3 Å². The van der Waals surface area contributed by atoms with E-state index in [-0.39, 0.29) is 11.5 Å². The van der Waals surface area contributed by atoms with Gasteiger partial charge in [0, 0.05) is 23.7 Å². The molecule has 102 valence electrons. The van der Waals surface area contributed by atoms with Crippen LogP contribution >= 0.6 is 11.3 Å². The van der Waals surface area contributed by atoms with Gasteiger partial charge in [0.15, 0.2) is 0 Å². The molecule has 1 atom stereocenters. The van der Waals surface area contributed by atoms with Gasteiger partial charge in [-0.1, -0.05) is 13.8 Å². The molecular weight excluding hydrogens is 256 g/mol. The largest absolute Gasteiger partial charge is 0.323 e. The minimum atomic E-state index is 0.127. The van der Waals surface area contributed by atoms with Gasteiger partial charge in [0.25, 0.3) is 0 Å². The molecule has 2 aromatic heterocycles. The molecule has 1 aliphatic carbocycles. The van der Waals surface area contributed by atoms with Crippen molar-refractivity contribution in [1.29, 1.82) is 0 Å². The van der Waals surface area contributed by atoms with Gasteiger partial charge in [-0.05, 0) is 25.2 Å². The van der Waals surface area contributed by atoms with E-state index >= 15 is 0 Å². The third-order valence-corrected chi connectivity index (χ3v) is 5.21. The van der Waals surface area contributed by atoms with Crippen molar-refractivity contribution in [2.24, 2.45) is 18.2 Å². The molecule has 0 saturated carbocycles. The molecule has 0 radical (unpaired) electrons. The van der Waals surface area contributed by atoms with Crippen LogP contribution in [0.4, 0.5) is 0 Å². The van der Waals surface area contributed by atoms with Gasteiger partial charge >= 0.3 is 0 Å². The number of hydrogen-bond donors (Lipinski definition) is 1. The van der Waals surface area contributed by atoms with Crippen LogP contribution < -0.4 is 5.73 Å². The molecular formula is C14H20N4S. The Bertz CT molecular complexity index is 623. The smallest absolute Gasteiger partial charge is 0.127 e. The van der Waals surface area contributed by atoms with E-state index in [0.717, 1.165) is 29.1 Å². The van der Waals surface area contributed by atoms with E-state index in [1.807, 2.05) is 17.9 Å². The van der Waals surface area contributed by atoms with Crippen LogP contribution in [-0.2, 0) is 13.5 Å². The Hall–Kier alpha value is -1.20. The summed E-state index contributed by atoms with van der Waals surface area (Å²) in [5, 5.41) is 5.36. The maximum absolute atomic E-state index is 6.31. The molecule has 19 heavy (non-hydrogen) atoms. The molecule has 0 spiro atoms. The first-order valence-electron chi connectivity index (χ1n) is 6.61. The maximum Gasteiger partial charge on any atom is 0.127 e. The molecule has 0 saturated heterocycles. The van der Waals surface area contributed by atoms with Crippen molar-refractivity contribution in [3.63, 3.8) is 0 Å². The Morgan fingerprint density at radius 1 is 1.47 bits per heavy atom. The zero-order chi connectivity index (χ0) is 13.8. The second kappa shape index (κ2) is 4.15. The number of hydrogen-bond acceptors (Lipinski definition) is 4. The van der Waals surface area contributed by atoms with Gasteiger partial charge in [0.05, 0.1) is 17.5 Å². The van der Waals surface area contributed by atoms with Crippen LogP contribution in [-0.4, -0.2) is 14.8 Å². The highest BCUT2D eigenvalue weighted by molar-refractivity contribution is 7.15. The zero-order valence-electron chi connectivity index (χ0n) is 11.9. The summed E-state index contributed by atoms with van der Waals surface area (Å²) in [5.41, 5.74) is 10.0. The lowest BCUT2D eigenvalue weighted by Gasteiger charge is -2.32. The Kier molecular flexibility index (Phi) is 2.80. The Morgan fingerprint density at radius 3 is 2.84 bits per heavy atom. The van der Waals surface area contributed by atoms with Crippen LogP contribution in [0.25, 0.3) is 10.6 Å². The normalized spacial score (nSPS) is 21.4. The first-order chi connectivity index (χ1) is 8.87. The van der Waals surface area contributed by atoms with Gasteiger partial charge in [-0.3, -0.25) is 4.68 Å². The summed E-state index contributed by atoms with van der Waals surface area (Å²) in [6, 6.07) is 0.127. The van der Waals surface area contributed by atoms with E-state index in [9.17, 15) is 0 Å². The topological polar surface area (TPSA) is 56.7 Å². The molecule has 3 rings (SSSR count). The summed E-state index contributed by atoms with van der Waals surface area (Å²) >= 11 is 1.74. The second-order valence-electron chi connectivity index (χ2n) is 6.25. The highest BCUT2D eigenvalue weighted by Crippen LogP contribution is 2.43. The maximum atomic E-state index is 6.31. The summed E-state index contributed by atoms with van der Waals surface area (Å²) in [4.78, 5) is 6.09. The summed E-state index contributed by atoms with van der Waals surface area (Å²) in [6.45, 7) is 6.61. The molecule has 0 aliphatic heterocycles. The van der Waals surface area contributed by atoms with Crippen LogP contribution in [0.5, 0.6) is 0 Å². The quantitative estimate of drug-likeness (QED) is 0.871. The van der Waals surface area contributed by atoms with Gasteiger partial charge in [-0.2, -0.15) is 5.10 Å². The molecule has 4 nitrogen and oxygen atoms in total. The standard InChI is InChI=1S/C14H20N4S/c1-8-9(7-16-18(8)4)13-17-11-6-14(2,3)5-10(15)12(11)19-13/h7,10H,5-6,15H2,1-4H3. The first-order valence-corrected chi connectivity index (χ1v) is 7.43. The number of aryl methyl sites for hydroxylation is 1. The summed E-state index contributed by atoms with van der Waals surface area (Å²) in [5.74, 6) is 0. The molecule has 2 N–H and O–H groups in total. The van der Waals surface area contributed by atoms with Crippen LogP contribution in [0.2, 0.25) is 0 Å². The van der Waals surface area contributed by atoms with E-state index in [2.05, 4.69) is 25.9 Å². The van der Waals surface area contributed by atoms with Crippen molar-refractivity contribution >= 4 is 11.3 Å². The fourth-order valence-electron chi connectivity index (χ4n) is 2.82. The van der Waals surface area contributed by atoms with Crippen molar-refractivity contribution in [3.8, 4) is 10.6 Å².